The maximum Gasteiger partial charge on any atom is 0.416 e. The molecule has 0 unspecified atom stereocenters. The van der Waals surface area contributed by atoms with E-state index < -0.39 is 32.5 Å². The predicted octanol–water partition coefficient (Wildman–Crippen LogP) is 5.01. The lowest BCUT2D eigenvalue weighted by Crippen LogP contribution is -2.45. The number of amides is 1. The van der Waals surface area contributed by atoms with Gasteiger partial charge in [0.25, 0.3) is 0 Å². The topological polar surface area (TPSA) is 84.5 Å². The second-order valence-corrected chi connectivity index (χ2v) is 10.4. The minimum Gasteiger partial charge on any atom is -0.486 e. The fraction of sp³-hybridized carbons (Fsp3) is 0.318. The molecule has 1 aliphatic heterocycles. The van der Waals surface area contributed by atoms with Gasteiger partial charge in [0.1, 0.15) is 11.4 Å². The molecule has 4 rings (SSSR count). The zero-order valence-corrected chi connectivity index (χ0v) is 18.8. The lowest BCUT2D eigenvalue weighted by atomic mass is 9.72. The molecule has 2 aromatic carbocycles. The fourth-order valence-corrected chi connectivity index (χ4v) is 4.65. The van der Waals surface area contributed by atoms with Gasteiger partial charge < -0.3 is 10.1 Å². The Labute approximate surface area is 193 Å². The van der Waals surface area contributed by atoms with Crippen LogP contribution in [-0.4, -0.2) is 19.9 Å². The van der Waals surface area contributed by atoms with E-state index >= 15 is 0 Å². The van der Waals surface area contributed by atoms with E-state index in [9.17, 15) is 26.4 Å². The molecule has 1 aliphatic carbocycles. The summed E-state index contributed by atoms with van der Waals surface area (Å²) in [4.78, 5) is 12.6. The lowest BCUT2D eigenvalue weighted by Gasteiger charge is -2.46. The van der Waals surface area contributed by atoms with E-state index in [1.165, 1.54) is 24.3 Å². The third kappa shape index (κ3) is 5.62. The second kappa shape index (κ2) is 8.57. The molecule has 6 nitrogen and oxygen atoms in total. The molecular formula is C22H20ClF3N2O4S. The number of halogens is 4. The first-order chi connectivity index (χ1) is 15.4. The largest absolute Gasteiger partial charge is 0.486 e. The summed E-state index contributed by atoms with van der Waals surface area (Å²) in [7, 11) is 1.23. The molecule has 0 bridgehead atoms. The van der Waals surface area contributed by atoms with Crippen LogP contribution < -0.4 is 14.8 Å². The van der Waals surface area contributed by atoms with Crippen LogP contribution in [-0.2, 0) is 26.8 Å². The number of nitrogens with one attached hydrogen (secondary N) is 2. The van der Waals surface area contributed by atoms with Crippen molar-refractivity contribution in [3.8, 4) is 5.75 Å². The monoisotopic (exact) mass is 500 g/mol. The Morgan fingerprint density at radius 3 is 2.42 bits per heavy atom. The van der Waals surface area contributed by atoms with Crippen LogP contribution in [0.5, 0.6) is 5.75 Å². The fourth-order valence-electron chi connectivity index (χ4n) is 3.97. The number of anilines is 1. The van der Waals surface area contributed by atoms with Crippen LogP contribution in [0.15, 0.2) is 48.5 Å². The minimum absolute atomic E-state index is 0.146. The number of alkyl halides is 3. The Bertz CT molecular complexity index is 1210. The van der Waals surface area contributed by atoms with Gasteiger partial charge in [-0.2, -0.15) is 21.6 Å². The van der Waals surface area contributed by atoms with Gasteiger partial charge >= 0.3 is 15.4 Å². The van der Waals surface area contributed by atoms with Crippen LogP contribution in [0.1, 0.15) is 42.4 Å². The first-order valence-electron chi connectivity index (χ1n) is 10.1. The number of hydrogen-bond acceptors (Lipinski definition) is 4. The van der Waals surface area contributed by atoms with Gasteiger partial charge in [-0.1, -0.05) is 18.2 Å². The highest BCUT2D eigenvalue weighted by atomic mass is 35.7. The zero-order valence-electron chi connectivity index (χ0n) is 17.2. The molecule has 0 radical (unpaired) electrons. The maximum atomic E-state index is 13.1. The van der Waals surface area contributed by atoms with Crippen molar-refractivity contribution in [2.24, 2.45) is 0 Å². The van der Waals surface area contributed by atoms with Gasteiger partial charge in [-0.15, -0.1) is 0 Å². The molecule has 2 aromatic rings. The van der Waals surface area contributed by atoms with Crippen LogP contribution in [0.3, 0.4) is 0 Å². The molecule has 0 atom stereocenters. The Morgan fingerprint density at radius 1 is 1.15 bits per heavy atom. The number of rotatable bonds is 5. The van der Waals surface area contributed by atoms with Gasteiger partial charge in [0, 0.05) is 41.0 Å². The SMILES string of the molecule is O=C(/C=C1\CC2(CCC2)Oc2cc(C(F)(F)F)ccc21)NCc1ccc(NS(=O)(=O)Cl)cc1. The summed E-state index contributed by atoms with van der Waals surface area (Å²) in [5, 5.41) is 2.74. The first kappa shape index (κ1) is 23.4. The Morgan fingerprint density at radius 2 is 1.85 bits per heavy atom. The lowest BCUT2D eigenvalue weighted by molar-refractivity contribution is -0.138. The zero-order chi connectivity index (χ0) is 23.9. The minimum atomic E-state index is -4.48. The van der Waals surface area contributed by atoms with E-state index in [-0.39, 0.29) is 18.0 Å². The van der Waals surface area contributed by atoms with E-state index in [0.717, 1.165) is 37.0 Å². The van der Waals surface area contributed by atoms with Gasteiger partial charge in [-0.25, -0.2) is 0 Å². The molecule has 0 saturated heterocycles. The van der Waals surface area contributed by atoms with E-state index in [2.05, 4.69) is 10.0 Å². The average Bonchev–Trinajstić information content (AvgIpc) is 2.70. The molecule has 1 saturated carbocycles. The van der Waals surface area contributed by atoms with Crippen LogP contribution in [0.4, 0.5) is 18.9 Å². The molecular weight excluding hydrogens is 481 g/mol. The van der Waals surface area contributed by atoms with Crippen LogP contribution in [0.2, 0.25) is 0 Å². The van der Waals surface area contributed by atoms with Crippen LogP contribution in [0, 0.1) is 0 Å². The van der Waals surface area contributed by atoms with Gasteiger partial charge in [0.05, 0.1) is 5.56 Å². The number of hydrogen-bond donors (Lipinski definition) is 2. The third-order valence-corrected chi connectivity index (χ3v) is 6.44. The molecule has 33 heavy (non-hydrogen) atoms. The Balaban J connectivity index is 1.49. The van der Waals surface area contributed by atoms with Crippen molar-refractivity contribution in [1.82, 2.24) is 5.32 Å². The first-order valence-corrected chi connectivity index (χ1v) is 12.4. The van der Waals surface area contributed by atoms with Crippen molar-refractivity contribution >= 4 is 37.1 Å². The summed E-state index contributed by atoms with van der Waals surface area (Å²) in [6, 6.07) is 9.60. The van der Waals surface area contributed by atoms with E-state index in [4.69, 9.17) is 15.4 Å². The van der Waals surface area contributed by atoms with Crippen LogP contribution in [0.25, 0.3) is 5.57 Å². The Kier molecular flexibility index (Phi) is 6.09. The molecule has 1 heterocycles. The standard InChI is InChI=1S/C22H20ClF3N2O4S/c23-33(30,31)28-17-5-2-14(3-6-17)13-27-20(29)10-15-12-21(8-1-9-21)32-19-11-16(22(24,25)26)4-7-18(15)19/h2-7,10-11,28H,1,8-9,12-13H2,(H,27,29)/b15-10+. The van der Waals surface area contributed by atoms with E-state index in [0.29, 0.717) is 17.6 Å². The molecule has 1 spiro atoms. The highest BCUT2D eigenvalue weighted by Crippen LogP contribution is 2.50. The number of ether oxygens (including phenoxy) is 1. The smallest absolute Gasteiger partial charge is 0.416 e. The second-order valence-electron chi connectivity index (χ2n) is 8.15. The molecule has 11 heteroatoms. The van der Waals surface area contributed by atoms with Gasteiger partial charge in [-0.05, 0) is 54.7 Å². The summed E-state index contributed by atoms with van der Waals surface area (Å²) in [5.41, 5.74) is 0.764. The van der Waals surface area contributed by atoms with Crippen LogP contribution >= 0.6 is 10.7 Å². The van der Waals surface area contributed by atoms with Gasteiger partial charge in [-0.3, -0.25) is 9.52 Å². The van der Waals surface area contributed by atoms with Gasteiger partial charge in [0.15, 0.2) is 0 Å². The number of benzene rings is 2. The Hall–Kier alpha value is -2.72. The number of fused-ring (bicyclic) bond motifs is 1. The molecule has 0 aromatic heterocycles. The molecule has 176 valence electrons. The summed E-state index contributed by atoms with van der Waals surface area (Å²) in [6.45, 7) is 0.179. The molecule has 2 aliphatic rings. The molecule has 2 N–H and O–H groups in total. The normalized spacial score (nSPS) is 18.2. The molecule has 1 fully saturated rings. The quantitative estimate of drug-likeness (QED) is 0.446. The molecule has 1 amide bonds. The number of carbonyl (C=O) groups is 1. The third-order valence-electron chi connectivity index (χ3n) is 5.72. The highest BCUT2D eigenvalue weighted by molar-refractivity contribution is 8.14. The van der Waals surface area contributed by atoms with Crippen molar-refractivity contribution in [3.05, 3.63) is 65.2 Å². The van der Waals surface area contributed by atoms with E-state index in [1.54, 1.807) is 12.1 Å². The summed E-state index contributed by atoms with van der Waals surface area (Å²) in [6.07, 6.45) is -0.261. The van der Waals surface area contributed by atoms with Crippen molar-refractivity contribution in [1.29, 1.82) is 0 Å². The van der Waals surface area contributed by atoms with E-state index in [1.807, 2.05) is 0 Å². The summed E-state index contributed by atoms with van der Waals surface area (Å²) < 4.78 is 69.6. The van der Waals surface area contributed by atoms with Crippen molar-refractivity contribution < 1.29 is 31.1 Å². The summed E-state index contributed by atoms with van der Waals surface area (Å²) in [5.74, 6) is -0.245. The van der Waals surface area contributed by atoms with Crippen molar-refractivity contribution in [2.75, 3.05) is 4.72 Å². The van der Waals surface area contributed by atoms with Gasteiger partial charge in [0.2, 0.25) is 5.91 Å². The van der Waals surface area contributed by atoms with Crippen molar-refractivity contribution in [3.63, 3.8) is 0 Å². The average molecular weight is 501 g/mol. The maximum absolute atomic E-state index is 13.1. The summed E-state index contributed by atoms with van der Waals surface area (Å²) >= 11 is 0. The predicted molar refractivity (Wildman–Crippen MR) is 118 cm³/mol. The van der Waals surface area contributed by atoms with Crippen molar-refractivity contribution in [2.45, 2.75) is 44.0 Å². The highest BCUT2D eigenvalue weighted by Gasteiger charge is 2.44. The number of carbonyl (C=O) groups excluding carboxylic acids is 1.